The summed E-state index contributed by atoms with van der Waals surface area (Å²) in [6.45, 7) is 1.64. The van der Waals surface area contributed by atoms with Gasteiger partial charge in [0.15, 0.2) is 17.4 Å². The van der Waals surface area contributed by atoms with Crippen LogP contribution in [0.25, 0.3) is 0 Å². The first kappa shape index (κ1) is 15.9. The average molecular weight is 308 g/mol. The molecule has 0 spiro atoms. The lowest BCUT2D eigenvalue weighted by Gasteiger charge is -2.10. The fourth-order valence-corrected chi connectivity index (χ4v) is 1.71. The third-order valence-corrected chi connectivity index (χ3v) is 2.78. The lowest BCUT2D eigenvalue weighted by Crippen LogP contribution is -2.07. The topological polar surface area (TPSA) is 9.23 Å². The van der Waals surface area contributed by atoms with Gasteiger partial charge in [0.25, 0.3) is 0 Å². The van der Waals surface area contributed by atoms with Gasteiger partial charge in [0.1, 0.15) is 5.56 Å². The van der Waals surface area contributed by atoms with E-state index >= 15 is 0 Å². The molecule has 0 fully saturated rings. The van der Waals surface area contributed by atoms with Gasteiger partial charge in [-0.1, -0.05) is 37.0 Å². The highest BCUT2D eigenvalue weighted by atomic mass is 19.2. The Morgan fingerprint density at radius 3 is 2.00 bits per heavy atom. The molecule has 2 rings (SSSR count). The zero-order valence-corrected chi connectivity index (χ0v) is 11.7. The first-order chi connectivity index (χ1) is 10.6. The Morgan fingerprint density at radius 1 is 0.864 bits per heavy atom. The Morgan fingerprint density at radius 2 is 1.45 bits per heavy atom. The van der Waals surface area contributed by atoms with E-state index in [-0.39, 0.29) is 6.61 Å². The molecule has 0 N–H and O–H groups in total. The lowest BCUT2D eigenvalue weighted by molar-refractivity contribution is 0.271. The van der Waals surface area contributed by atoms with Crippen molar-refractivity contribution in [1.29, 1.82) is 0 Å². The molecule has 0 aliphatic heterocycles. The molecule has 0 bridgehead atoms. The highest BCUT2D eigenvalue weighted by Gasteiger charge is 2.25. The van der Waals surface area contributed by atoms with E-state index in [4.69, 9.17) is 4.74 Å². The zero-order valence-electron chi connectivity index (χ0n) is 11.7. The fourth-order valence-electron chi connectivity index (χ4n) is 1.71. The van der Waals surface area contributed by atoms with Gasteiger partial charge >= 0.3 is 0 Å². The summed E-state index contributed by atoms with van der Waals surface area (Å²) in [5.41, 5.74) is -0.490. The summed E-state index contributed by atoms with van der Waals surface area (Å²) in [6, 6.07) is 8.31. The third kappa shape index (κ3) is 3.22. The van der Waals surface area contributed by atoms with Crippen molar-refractivity contribution in [2.24, 2.45) is 0 Å². The fraction of sp³-hybridized carbons (Fsp3) is 0.176. The van der Waals surface area contributed by atoms with Crippen LogP contribution in [-0.4, -0.2) is 6.61 Å². The maximum absolute atomic E-state index is 13.9. The van der Waals surface area contributed by atoms with E-state index in [2.05, 4.69) is 11.8 Å². The molecule has 0 unspecified atom stereocenters. The van der Waals surface area contributed by atoms with Crippen LogP contribution in [0.4, 0.5) is 17.6 Å². The first-order valence-electron chi connectivity index (χ1n) is 6.62. The summed E-state index contributed by atoms with van der Waals surface area (Å²) in [7, 11) is 0. The van der Waals surface area contributed by atoms with E-state index in [9.17, 15) is 17.6 Å². The molecule has 0 radical (unpaired) electrons. The highest BCUT2D eigenvalue weighted by Crippen LogP contribution is 2.29. The summed E-state index contributed by atoms with van der Waals surface area (Å²) >= 11 is 0. The van der Waals surface area contributed by atoms with Gasteiger partial charge in [0.2, 0.25) is 11.6 Å². The number of halogens is 4. The monoisotopic (exact) mass is 308 g/mol. The Hall–Kier alpha value is -2.48. The molecule has 1 nitrogen and oxygen atoms in total. The Labute approximate surface area is 125 Å². The molecule has 0 aromatic heterocycles. The Bertz CT molecular complexity index is 701. The smallest absolute Gasteiger partial charge is 0.205 e. The van der Waals surface area contributed by atoms with Gasteiger partial charge in [-0.05, 0) is 18.6 Å². The van der Waals surface area contributed by atoms with Gasteiger partial charge in [-0.3, -0.25) is 0 Å². The lowest BCUT2D eigenvalue weighted by atomic mass is 10.1. The van der Waals surface area contributed by atoms with Crippen LogP contribution < -0.4 is 4.74 Å². The van der Waals surface area contributed by atoms with Crippen molar-refractivity contribution < 1.29 is 22.3 Å². The van der Waals surface area contributed by atoms with E-state index in [1.807, 2.05) is 0 Å². The minimum atomic E-state index is -1.58. The maximum atomic E-state index is 13.9. The van der Waals surface area contributed by atoms with Crippen molar-refractivity contribution in [3.8, 4) is 17.6 Å². The standard InChI is InChI=1S/C17H12F4O/c1-2-10-22-17-15(20)13(18)12(14(19)16(17)21)9-8-11-6-4-3-5-7-11/h3-7H,2,10H2,1H3. The summed E-state index contributed by atoms with van der Waals surface area (Å²) < 4.78 is 60.0. The van der Waals surface area contributed by atoms with Gasteiger partial charge < -0.3 is 4.74 Å². The van der Waals surface area contributed by atoms with Crippen LogP contribution in [0.1, 0.15) is 24.5 Å². The highest BCUT2D eigenvalue weighted by molar-refractivity contribution is 5.47. The molecule has 0 saturated carbocycles. The van der Waals surface area contributed by atoms with Crippen LogP contribution >= 0.6 is 0 Å². The van der Waals surface area contributed by atoms with Crippen molar-refractivity contribution in [1.82, 2.24) is 0 Å². The molecule has 2 aromatic carbocycles. The summed E-state index contributed by atoms with van der Waals surface area (Å²) in [6.07, 6.45) is 0.442. The Balaban J connectivity index is 2.48. The average Bonchev–Trinajstić information content (AvgIpc) is 2.54. The number of ether oxygens (including phenoxy) is 1. The van der Waals surface area contributed by atoms with Crippen molar-refractivity contribution in [3.63, 3.8) is 0 Å². The molecular weight excluding hydrogens is 296 g/mol. The van der Waals surface area contributed by atoms with E-state index in [0.29, 0.717) is 12.0 Å². The number of rotatable bonds is 3. The van der Waals surface area contributed by atoms with Crippen LogP contribution in [-0.2, 0) is 0 Å². The van der Waals surface area contributed by atoms with Gasteiger partial charge in [0, 0.05) is 5.56 Å². The summed E-state index contributed by atoms with van der Waals surface area (Å²) in [5.74, 6) is -2.75. The molecule has 2 aromatic rings. The van der Waals surface area contributed by atoms with Crippen molar-refractivity contribution in [3.05, 3.63) is 64.7 Å². The van der Waals surface area contributed by atoms with Gasteiger partial charge in [0.05, 0.1) is 6.61 Å². The normalized spacial score (nSPS) is 10.0. The van der Waals surface area contributed by atoms with Crippen molar-refractivity contribution in [2.45, 2.75) is 13.3 Å². The molecule has 0 heterocycles. The van der Waals surface area contributed by atoms with Crippen LogP contribution in [0, 0.1) is 35.1 Å². The second kappa shape index (κ2) is 6.99. The van der Waals surface area contributed by atoms with Crippen LogP contribution in [0.3, 0.4) is 0 Å². The second-order valence-corrected chi connectivity index (χ2v) is 4.42. The molecular formula is C17H12F4O. The van der Waals surface area contributed by atoms with Crippen molar-refractivity contribution in [2.75, 3.05) is 6.61 Å². The number of benzene rings is 2. The van der Waals surface area contributed by atoms with Gasteiger partial charge in [-0.2, -0.15) is 8.78 Å². The van der Waals surface area contributed by atoms with Gasteiger partial charge in [-0.15, -0.1) is 0 Å². The third-order valence-electron chi connectivity index (χ3n) is 2.78. The molecule has 0 atom stereocenters. The quantitative estimate of drug-likeness (QED) is 0.463. The second-order valence-electron chi connectivity index (χ2n) is 4.42. The van der Waals surface area contributed by atoms with E-state index in [0.717, 1.165) is 0 Å². The molecule has 0 saturated heterocycles. The summed E-state index contributed by atoms with van der Waals surface area (Å²) in [4.78, 5) is 0. The Kier molecular flexibility index (Phi) is 5.05. The predicted octanol–water partition coefficient (Wildman–Crippen LogP) is 4.43. The molecule has 0 amide bonds. The van der Waals surface area contributed by atoms with Crippen molar-refractivity contribution >= 4 is 0 Å². The SMILES string of the molecule is CCCOc1c(F)c(F)c(C#Cc2ccccc2)c(F)c1F. The first-order valence-corrected chi connectivity index (χ1v) is 6.62. The zero-order chi connectivity index (χ0) is 16.1. The van der Waals surface area contributed by atoms with E-state index < -0.39 is 34.6 Å². The minimum Gasteiger partial charge on any atom is -0.487 e. The molecule has 114 valence electrons. The summed E-state index contributed by atoms with van der Waals surface area (Å²) in [5, 5.41) is 0. The maximum Gasteiger partial charge on any atom is 0.205 e. The van der Waals surface area contributed by atoms with Crippen LogP contribution in [0.15, 0.2) is 30.3 Å². The van der Waals surface area contributed by atoms with Crippen LogP contribution in [0.2, 0.25) is 0 Å². The molecule has 22 heavy (non-hydrogen) atoms. The molecule has 0 aliphatic carbocycles. The molecule has 0 aliphatic rings. The van der Waals surface area contributed by atoms with E-state index in [1.54, 1.807) is 37.3 Å². The van der Waals surface area contributed by atoms with E-state index in [1.165, 1.54) is 0 Å². The molecule has 5 heteroatoms. The van der Waals surface area contributed by atoms with Crippen LogP contribution in [0.5, 0.6) is 5.75 Å². The largest absolute Gasteiger partial charge is 0.487 e. The number of hydrogen-bond acceptors (Lipinski definition) is 1. The minimum absolute atomic E-state index is 0.0538. The number of hydrogen-bond donors (Lipinski definition) is 0. The van der Waals surface area contributed by atoms with Gasteiger partial charge in [-0.25, -0.2) is 8.78 Å². The predicted molar refractivity (Wildman–Crippen MR) is 74.5 cm³/mol.